The van der Waals surface area contributed by atoms with Crippen molar-refractivity contribution in [1.82, 2.24) is 14.0 Å². The van der Waals surface area contributed by atoms with E-state index in [4.69, 9.17) is 5.73 Å². The van der Waals surface area contributed by atoms with E-state index in [1.54, 1.807) is 6.92 Å². The molecule has 1 aliphatic heterocycles. The summed E-state index contributed by atoms with van der Waals surface area (Å²) in [6.45, 7) is 2.88. The maximum absolute atomic E-state index is 12.7. The van der Waals surface area contributed by atoms with E-state index < -0.39 is 23.1 Å². The highest BCUT2D eigenvalue weighted by Crippen LogP contribution is 2.16. The molecule has 1 aliphatic rings. The van der Waals surface area contributed by atoms with Crippen molar-refractivity contribution in [3.63, 3.8) is 0 Å². The third-order valence-corrected chi connectivity index (χ3v) is 4.38. The summed E-state index contributed by atoms with van der Waals surface area (Å²) < 4.78 is 1.98. The fourth-order valence-electron chi connectivity index (χ4n) is 2.74. The van der Waals surface area contributed by atoms with Gasteiger partial charge in [-0.25, -0.2) is 4.79 Å². The van der Waals surface area contributed by atoms with Gasteiger partial charge < -0.3 is 10.8 Å². The number of aliphatic hydroxyl groups is 1. The lowest BCUT2D eigenvalue weighted by Crippen LogP contribution is -2.48. The molecule has 2 rings (SSSR count). The first-order valence-corrected chi connectivity index (χ1v) is 7.27. The van der Waals surface area contributed by atoms with Crippen LogP contribution in [0.2, 0.25) is 0 Å². The first kappa shape index (κ1) is 16.4. The van der Waals surface area contributed by atoms with Crippen molar-refractivity contribution in [2.75, 3.05) is 18.8 Å². The maximum atomic E-state index is 12.7. The van der Waals surface area contributed by atoms with Gasteiger partial charge in [-0.15, -0.1) is 0 Å². The van der Waals surface area contributed by atoms with Crippen LogP contribution in [0.5, 0.6) is 0 Å². The predicted octanol–water partition coefficient (Wildman–Crippen LogP) is -1.31. The summed E-state index contributed by atoms with van der Waals surface area (Å²) in [4.78, 5) is 38.6. The van der Waals surface area contributed by atoms with E-state index in [-0.39, 0.29) is 17.5 Å². The second-order valence-electron chi connectivity index (χ2n) is 5.77. The summed E-state index contributed by atoms with van der Waals surface area (Å²) in [5.41, 5.74) is 4.43. The topological polar surface area (TPSA) is 111 Å². The normalized spacial score (nSPS) is 18.4. The van der Waals surface area contributed by atoms with E-state index in [0.717, 1.165) is 9.13 Å². The molecular weight excluding hydrogens is 288 g/mol. The Labute approximate surface area is 127 Å². The van der Waals surface area contributed by atoms with Crippen LogP contribution in [0.25, 0.3) is 0 Å². The van der Waals surface area contributed by atoms with Crippen LogP contribution in [0, 0.1) is 0 Å². The molecule has 8 nitrogen and oxygen atoms in total. The first-order valence-electron chi connectivity index (χ1n) is 7.27. The molecule has 22 heavy (non-hydrogen) atoms. The number of nitrogens with zero attached hydrogens (tertiary/aromatic N) is 3. The zero-order valence-electron chi connectivity index (χ0n) is 13.1. The Balaban J connectivity index is 2.38. The fourth-order valence-corrected chi connectivity index (χ4v) is 2.74. The minimum atomic E-state index is -0.672. The molecule has 0 amide bonds. The highest BCUT2D eigenvalue weighted by Gasteiger charge is 2.30. The van der Waals surface area contributed by atoms with Gasteiger partial charge in [-0.2, -0.15) is 0 Å². The number of hydrogen-bond acceptors (Lipinski definition) is 6. The van der Waals surface area contributed by atoms with Crippen molar-refractivity contribution in [3.05, 3.63) is 26.4 Å². The summed E-state index contributed by atoms with van der Waals surface area (Å²) in [5, 5.41) is 9.53. The molecule has 0 spiro atoms. The van der Waals surface area contributed by atoms with Gasteiger partial charge in [-0.3, -0.25) is 23.6 Å². The summed E-state index contributed by atoms with van der Waals surface area (Å²) in [6, 6.07) is -0.528. The van der Waals surface area contributed by atoms with Gasteiger partial charge in [-0.05, 0) is 19.8 Å². The Morgan fingerprint density at radius 2 is 1.77 bits per heavy atom. The minimum Gasteiger partial charge on any atom is -0.393 e. The number of nitrogens with two attached hydrogens (primary N) is 1. The zero-order chi connectivity index (χ0) is 16.6. The van der Waals surface area contributed by atoms with Crippen molar-refractivity contribution >= 4 is 11.6 Å². The number of hydrogen-bond donors (Lipinski definition) is 2. The highest BCUT2D eigenvalue weighted by molar-refractivity contribution is 6.03. The molecule has 0 aliphatic carbocycles. The number of aromatic nitrogens is 2. The lowest BCUT2D eigenvalue weighted by Gasteiger charge is -2.33. The van der Waals surface area contributed by atoms with E-state index in [0.29, 0.717) is 25.9 Å². The monoisotopic (exact) mass is 310 g/mol. The van der Waals surface area contributed by atoms with E-state index in [1.165, 1.54) is 14.1 Å². The quantitative estimate of drug-likeness (QED) is 0.671. The van der Waals surface area contributed by atoms with Gasteiger partial charge in [0.15, 0.2) is 5.78 Å². The van der Waals surface area contributed by atoms with Gasteiger partial charge in [0.05, 0.1) is 12.1 Å². The number of anilines is 1. The van der Waals surface area contributed by atoms with Gasteiger partial charge in [0, 0.05) is 27.2 Å². The molecule has 1 fully saturated rings. The van der Waals surface area contributed by atoms with E-state index in [2.05, 4.69) is 0 Å². The summed E-state index contributed by atoms with van der Waals surface area (Å²) in [5.74, 6) is -0.507. The standard InChI is InChI=1S/C14H22N4O4/c1-8(18-6-4-9(19)5-7-18)11(20)10-12(15)16(2)14(22)17(3)13(10)21/h8-9,19H,4-7,15H2,1-3H3/t8-/m0/s1. The smallest absolute Gasteiger partial charge is 0.332 e. The lowest BCUT2D eigenvalue weighted by atomic mass is 10.0. The van der Waals surface area contributed by atoms with Crippen LogP contribution in [-0.2, 0) is 14.1 Å². The van der Waals surface area contributed by atoms with Crippen LogP contribution in [-0.4, -0.2) is 50.2 Å². The number of carbonyl (C=O) groups is 1. The largest absolute Gasteiger partial charge is 0.393 e. The molecule has 0 aromatic carbocycles. The van der Waals surface area contributed by atoms with Crippen LogP contribution in [0.4, 0.5) is 5.82 Å². The Morgan fingerprint density at radius 3 is 2.32 bits per heavy atom. The number of rotatable bonds is 3. The molecular formula is C14H22N4O4. The number of nitrogen functional groups attached to an aromatic ring is 1. The zero-order valence-corrected chi connectivity index (χ0v) is 13.1. The summed E-state index contributed by atoms with van der Waals surface area (Å²) in [6.07, 6.45) is 0.852. The average Bonchev–Trinajstić information content (AvgIpc) is 2.51. The Morgan fingerprint density at radius 1 is 1.23 bits per heavy atom. The minimum absolute atomic E-state index is 0.109. The number of piperidine rings is 1. The van der Waals surface area contributed by atoms with Crippen LogP contribution in [0.3, 0.4) is 0 Å². The third kappa shape index (κ3) is 2.71. The fraction of sp³-hybridized carbons (Fsp3) is 0.643. The second kappa shape index (κ2) is 6.05. The van der Waals surface area contributed by atoms with Gasteiger partial charge in [0.1, 0.15) is 11.4 Å². The maximum Gasteiger partial charge on any atom is 0.332 e. The Bertz CT molecular complexity index is 698. The molecule has 1 aromatic heterocycles. The summed E-state index contributed by atoms with van der Waals surface area (Å²) >= 11 is 0. The number of ketones is 1. The van der Waals surface area contributed by atoms with Gasteiger partial charge in [-0.1, -0.05) is 0 Å². The Hall–Kier alpha value is -1.93. The van der Waals surface area contributed by atoms with E-state index in [1.807, 2.05) is 4.90 Å². The Kier molecular flexibility index (Phi) is 4.52. The average molecular weight is 310 g/mol. The van der Waals surface area contributed by atoms with Gasteiger partial charge >= 0.3 is 5.69 Å². The van der Waals surface area contributed by atoms with Crippen molar-refractivity contribution in [1.29, 1.82) is 0 Å². The van der Waals surface area contributed by atoms with E-state index >= 15 is 0 Å². The predicted molar refractivity (Wildman–Crippen MR) is 81.9 cm³/mol. The number of carbonyl (C=O) groups excluding carboxylic acids is 1. The molecule has 0 saturated carbocycles. The van der Waals surface area contributed by atoms with Gasteiger partial charge in [0.25, 0.3) is 5.56 Å². The van der Waals surface area contributed by atoms with Crippen LogP contribution in [0.1, 0.15) is 30.1 Å². The number of aliphatic hydroxyl groups excluding tert-OH is 1. The molecule has 0 bridgehead atoms. The van der Waals surface area contributed by atoms with Crippen molar-refractivity contribution in [3.8, 4) is 0 Å². The molecule has 0 radical (unpaired) electrons. The second-order valence-corrected chi connectivity index (χ2v) is 5.77. The summed E-state index contributed by atoms with van der Waals surface area (Å²) in [7, 11) is 2.75. The van der Waals surface area contributed by atoms with Crippen LogP contribution < -0.4 is 17.0 Å². The molecule has 8 heteroatoms. The van der Waals surface area contributed by atoms with Crippen molar-refractivity contribution in [2.45, 2.75) is 31.9 Å². The molecule has 1 aromatic rings. The van der Waals surface area contributed by atoms with Crippen molar-refractivity contribution < 1.29 is 9.90 Å². The third-order valence-electron chi connectivity index (χ3n) is 4.38. The molecule has 1 atom stereocenters. The molecule has 3 N–H and O–H groups in total. The van der Waals surface area contributed by atoms with Crippen LogP contribution >= 0.6 is 0 Å². The van der Waals surface area contributed by atoms with Crippen molar-refractivity contribution in [2.24, 2.45) is 14.1 Å². The molecule has 1 saturated heterocycles. The van der Waals surface area contributed by atoms with E-state index in [9.17, 15) is 19.5 Å². The molecule has 0 unspecified atom stereocenters. The lowest BCUT2D eigenvalue weighted by molar-refractivity contribution is 0.0548. The number of Topliss-reactive ketones (excluding diaryl/α,β-unsaturated/α-hetero) is 1. The van der Waals surface area contributed by atoms with Crippen LogP contribution in [0.15, 0.2) is 9.59 Å². The van der Waals surface area contributed by atoms with Gasteiger partial charge in [0.2, 0.25) is 0 Å². The molecule has 2 heterocycles. The molecule has 122 valence electrons. The SMILES string of the molecule is C[C@@H](C(=O)c1c(N)n(C)c(=O)n(C)c1=O)N1CCC(O)CC1. The highest BCUT2D eigenvalue weighted by atomic mass is 16.3. The number of likely N-dealkylation sites (tertiary alicyclic amines) is 1. The first-order chi connectivity index (χ1) is 10.3.